The molecule has 0 aromatic heterocycles. The predicted molar refractivity (Wildman–Crippen MR) is 77.9 cm³/mol. The van der Waals surface area contributed by atoms with Gasteiger partial charge in [-0.15, -0.1) is 6.58 Å². The van der Waals surface area contributed by atoms with Gasteiger partial charge in [-0.05, 0) is 51.7 Å². The largest absolute Gasteiger partial charge is 0.380 e. The van der Waals surface area contributed by atoms with Crippen molar-refractivity contribution >= 4 is 0 Å². The number of rotatable bonds is 9. The first-order valence-electron chi connectivity index (χ1n) is 7.42. The molecule has 0 aromatic carbocycles. The van der Waals surface area contributed by atoms with Gasteiger partial charge in [-0.3, -0.25) is 0 Å². The van der Waals surface area contributed by atoms with E-state index < -0.39 is 0 Å². The molecule has 18 heavy (non-hydrogen) atoms. The highest BCUT2D eigenvalue weighted by Gasteiger charge is 2.22. The predicted octanol–water partition coefficient (Wildman–Crippen LogP) is 2.29. The summed E-state index contributed by atoms with van der Waals surface area (Å²) in [4.78, 5) is 2.54. The van der Waals surface area contributed by atoms with E-state index in [9.17, 15) is 0 Å². The quantitative estimate of drug-likeness (QED) is 0.505. The molecule has 0 saturated carbocycles. The third-order valence-electron chi connectivity index (χ3n) is 3.97. The lowest BCUT2D eigenvalue weighted by Gasteiger charge is -2.34. The summed E-state index contributed by atoms with van der Waals surface area (Å²) < 4.78 is 5.50. The van der Waals surface area contributed by atoms with Crippen molar-refractivity contribution in [3.8, 4) is 0 Å². The van der Waals surface area contributed by atoms with Crippen LogP contribution in [-0.4, -0.2) is 50.3 Å². The molecule has 3 nitrogen and oxygen atoms in total. The van der Waals surface area contributed by atoms with E-state index in [1.54, 1.807) is 0 Å². The van der Waals surface area contributed by atoms with Crippen molar-refractivity contribution in [2.75, 3.05) is 39.4 Å². The van der Waals surface area contributed by atoms with E-state index in [0.29, 0.717) is 6.04 Å². The summed E-state index contributed by atoms with van der Waals surface area (Å²) in [6, 6.07) is 0.618. The Morgan fingerprint density at radius 2 is 2.11 bits per heavy atom. The SMILES string of the molecule is C=CCCOCCNC(C)C1CCN(CC)CC1. The van der Waals surface area contributed by atoms with Gasteiger partial charge in [-0.2, -0.15) is 0 Å². The Labute approximate surface area is 113 Å². The molecule has 0 bridgehead atoms. The number of nitrogens with one attached hydrogen (secondary N) is 1. The second-order valence-electron chi connectivity index (χ2n) is 5.20. The van der Waals surface area contributed by atoms with Crippen LogP contribution in [0.25, 0.3) is 0 Å². The van der Waals surface area contributed by atoms with Gasteiger partial charge in [-0.1, -0.05) is 13.0 Å². The summed E-state index contributed by atoms with van der Waals surface area (Å²) in [5, 5.41) is 3.59. The average molecular weight is 254 g/mol. The number of hydrogen-bond acceptors (Lipinski definition) is 3. The molecule has 1 fully saturated rings. The number of nitrogens with zero attached hydrogens (tertiary/aromatic N) is 1. The molecule has 0 aromatic rings. The van der Waals surface area contributed by atoms with E-state index in [1.807, 2.05) is 6.08 Å². The second-order valence-corrected chi connectivity index (χ2v) is 5.20. The molecule has 1 unspecified atom stereocenters. The highest BCUT2D eigenvalue weighted by molar-refractivity contribution is 4.79. The summed E-state index contributed by atoms with van der Waals surface area (Å²) in [6.45, 7) is 14.6. The Morgan fingerprint density at radius 1 is 1.39 bits per heavy atom. The normalized spacial score (nSPS) is 19.9. The van der Waals surface area contributed by atoms with Gasteiger partial charge in [0.2, 0.25) is 0 Å². The maximum Gasteiger partial charge on any atom is 0.0591 e. The second kappa shape index (κ2) is 9.54. The zero-order valence-corrected chi connectivity index (χ0v) is 12.2. The summed E-state index contributed by atoms with van der Waals surface area (Å²) in [5.74, 6) is 0.834. The first-order valence-corrected chi connectivity index (χ1v) is 7.42. The fourth-order valence-electron chi connectivity index (χ4n) is 2.56. The Bertz CT molecular complexity index is 213. The molecule has 0 radical (unpaired) electrons. The van der Waals surface area contributed by atoms with E-state index in [1.165, 1.54) is 32.5 Å². The average Bonchev–Trinajstić information content (AvgIpc) is 2.42. The molecule has 0 amide bonds. The lowest BCUT2D eigenvalue weighted by molar-refractivity contribution is 0.129. The van der Waals surface area contributed by atoms with Crippen LogP contribution in [0.15, 0.2) is 12.7 Å². The molecule has 1 N–H and O–H groups in total. The first-order chi connectivity index (χ1) is 8.77. The fourth-order valence-corrected chi connectivity index (χ4v) is 2.56. The molecule has 106 valence electrons. The Hall–Kier alpha value is -0.380. The minimum atomic E-state index is 0.618. The third-order valence-corrected chi connectivity index (χ3v) is 3.97. The Morgan fingerprint density at radius 3 is 2.72 bits per heavy atom. The Balaban J connectivity index is 2.03. The van der Waals surface area contributed by atoms with Crippen LogP contribution in [0, 0.1) is 5.92 Å². The molecule has 0 aliphatic carbocycles. The minimum Gasteiger partial charge on any atom is -0.380 e. The number of piperidine rings is 1. The van der Waals surface area contributed by atoms with Crippen LogP contribution in [-0.2, 0) is 4.74 Å². The highest BCUT2D eigenvalue weighted by Crippen LogP contribution is 2.20. The standard InChI is InChI=1S/C15H30N2O/c1-4-6-12-18-13-9-16-14(3)15-7-10-17(5-2)11-8-15/h4,14-16H,1,5-13H2,2-3H3. The topological polar surface area (TPSA) is 24.5 Å². The first kappa shape index (κ1) is 15.7. The van der Waals surface area contributed by atoms with Crippen molar-refractivity contribution in [3.05, 3.63) is 12.7 Å². The molecule has 1 aliphatic heterocycles. The van der Waals surface area contributed by atoms with E-state index in [0.717, 1.165) is 32.1 Å². The number of ether oxygens (including phenoxy) is 1. The van der Waals surface area contributed by atoms with E-state index in [-0.39, 0.29) is 0 Å². The van der Waals surface area contributed by atoms with Crippen LogP contribution in [0.4, 0.5) is 0 Å². The molecule has 3 heteroatoms. The third kappa shape index (κ3) is 5.98. The molecule has 1 heterocycles. The fraction of sp³-hybridized carbons (Fsp3) is 0.867. The van der Waals surface area contributed by atoms with E-state index in [4.69, 9.17) is 4.74 Å². The molecular weight excluding hydrogens is 224 g/mol. The van der Waals surface area contributed by atoms with Gasteiger partial charge in [0.15, 0.2) is 0 Å². The van der Waals surface area contributed by atoms with E-state index >= 15 is 0 Å². The number of hydrogen-bond donors (Lipinski definition) is 1. The van der Waals surface area contributed by atoms with Crippen LogP contribution in [0.2, 0.25) is 0 Å². The summed E-state index contributed by atoms with van der Waals surface area (Å²) in [6.07, 6.45) is 5.52. The number of likely N-dealkylation sites (tertiary alicyclic amines) is 1. The van der Waals surface area contributed by atoms with Crippen LogP contribution in [0.3, 0.4) is 0 Å². The van der Waals surface area contributed by atoms with Crippen molar-refractivity contribution in [1.82, 2.24) is 10.2 Å². The maximum atomic E-state index is 5.50. The smallest absolute Gasteiger partial charge is 0.0591 e. The monoisotopic (exact) mass is 254 g/mol. The summed E-state index contributed by atoms with van der Waals surface area (Å²) in [7, 11) is 0. The molecule has 0 spiro atoms. The van der Waals surface area contributed by atoms with Gasteiger partial charge in [0.05, 0.1) is 13.2 Å². The Kier molecular flexibility index (Phi) is 8.31. The van der Waals surface area contributed by atoms with Gasteiger partial charge in [0, 0.05) is 12.6 Å². The molecule has 1 rings (SSSR count). The highest BCUT2D eigenvalue weighted by atomic mass is 16.5. The van der Waals surface area contributed by atoms with Crippen LogP contribution < -0.4 is 5.32 Å². The molecule has 1 saturated heterocycles. The zero-order chi connectivity index (χ0) is 13.2. The van der Waals surface area contributed by atoms with Crippen molar-refractivity contribution in [2.45, 2.75) is 39.2 Å². The van der Waals surface area contributed by atoms with Crippen molar-refractivity contribution < 1.29 is 4.74 Å². The summed E-state index contributed by atoms with van der Waals surface area (Å²) in [5.41, 5.74) is 0. The van der Waals surface area contributed by atoms with Crippen LogP contribution in [0.1, 0.15) is 33.1 Å². The van der Waals surface area contributed by atoms with Crippen molar-refractivity contribution in [3.63, 3.8) is 0 Å². The summed E-state index contributed by atoms with van der Waals surface area (Å²) >= 11 is 0. The van der Waals surface area contributed by atoms with Crippen molar-refractivity contribution in [2.24, 2.45) is 5.92 Å². The molecular formula is C15H30N2O. The molecule has 1 aliphatic rings. The van der Waals surface area contributed by atoms with Gasteiger partial charge < -0.3 is 15.0 Å². The van der Waals surface area contributed by atoms with E-state index in [2.05, 4.69) is 30.6 Å². The van der Waals surface area contributed by atoms with Gasteiger partial charge in [-0.25, -0.2) is 0 Å². The van der Waals surface area contributed by atoms with Crippen molar-refractivity contribution in [1.29, 1.82) is 0 Å². The zero-order valence-electron chi connectivity index (χ0n) is 12.2. The van der Waals surface area contributed by atoms with Gasteiger partial charge in [0.25, 0.3) is 0 Å². The van der Waals surface area contributed by atoms with Gasteiger partial charge in [0.1, 0.15) is 0 Å². The lowest BCUT2D eigenvalue weighted by atomic mass is 9.90. The molecule has 1 atom stereocenters. The lowest BCUT2D eigenvalue weighted by Crippen LogP contribution is -2.42. The van der Waals surface area contributed by atoms with Crippen LogP contribution >= 0.6 is 0 Å². The minimum absolute atomic E-state index is 0.618. The van der Waals surface area contributed by atoms with Crippen LogP contribution in [0.5, 0.6) is 0 Å². The van der Waals surface area contributed by atoms with Gasteiger partial charge >= 0.3 is 0 Å². The maximum absolute atomic E-state index is 5.50.